The molecule has 4 heteroatoms. The van der Waals surface area contributed by atoms with Crippen LogP contribution in [0.1, 0.15) is 96.1 Å². The van der Waals surface area contributed by atoms with E-state index in [9.17, 15) is 10.2 Å². The number of benzene rings is 1. The molecular formula is C32H44O4. The quantitative estimate of drug-likeness (QED) is 0.471. The molecule has 3 saturated carbocycles. The van der Waals surface area contributed by atoms with Crippen molar-refractivity contribution in [3.8, 4) is 0 Å². The Morgan fingerprint density at radius 2 is 1.75 bits per heavy atom. The van der Waals surface area contributed by atoms with Crippen LogP contribution >= 0.6 is 0 Å². The molecule has 6 rings (SSSR count). The predicted molar refractivity (Wildman–Crippen MR) is 142 cm³/mol. The molecule has 0 radical (unpaired) electrons. The molecule has 5 aliphatic rings. The van der Waals surface area contributed by atoms with Crippen LogP contribution in [0, 0.1) is 22.7 Å². The number of hydrogen-bond acceptors (Lipinski definition) is 4. The van der Waals surface area contributed by atoms with Gasteiger partial charge >= 0.3 is 0 Å². The molecule has 1 aromatic rings. The van der Waals surface area contributed by atoms with E-state index in [0.29, 0.717) is 31.5 Å². The summed E-state index contributed by atoms with van der Waals surface area (Å²) in [5, 5.41) is 23.8. The first-order valence-electron chi connectivity index (χ1n) is 14.1. The third-order valence-corrected chi connectivity index (χ3v) is 11.0. The summed E-state index contributed by atoms with van der Waals surface area (Å²) in [4.78, 5) is 0. The van der Waals surface area contributed by atoms with Gasteiger partial charge in [-0.05, 0) is 74.0 Å². The fourth-order valence-corrected chi connectivity index (χ4v) is 8.68. The number of rotatable bonds is 2. The molecule has 0 amide bonds. The highest BCUT2D eigenvalue weighted by Gasteiger charge is 2.63. The Hall–Kier alpha value is -1.46. The summed E-state index contributed by atoms with van der Waals surface area (Å²) in [7, 11) is 0. The summed E-state index contributed by atoms with van der Waals surface area (Å²) < 4.78 is 12.8. The van der Waals surface area contributed by atoms with Gasteiger partial charge in [0.15, 0.2) is 5.79 Å². The highest BCUT2D eigenvalue weighted by Crippen LogP contribution is 2.67. The molecule has 1 heterocycles. The molecule has 1 aliphatic heterocycles. The summed E-state index contributed by atoms with van der Waals surface area (Å²) in [5.41, 5.74) is 3.47. The minimum Gasteiger partial charge on any atom is -0.390 e. The monoisotopic (exact) mass is 492 g/mol. The summed E-state index contributed by atoms with van der Waals surface area (Å²) in [5.74, 6) is 0.396. The van der Waals surface area contributed by atoms with E-state index in [1.165, 1.54) is 16.7 Å². The van der Waals surface area contributed by atoms with Crippen molar-refractivity contribution in [2.75, 3.05) is 13.2 Å². The Kier molecular flexibility index (Phi) is 5.54. The van der Waals surface area contributed by atoms with Crippen LogP contribution in [0.5, 0.6) is 0 Å². The Balaban J connectivity index is 1.44. The van der Waals surface area contributed by atoms with Gasteiger partial charge in [-0.2, -0.15) is 0 Å². The van der Waals surface area contributed by atoms with Crippen LogP contribution in [-0.4, -0.2) is 40.4 Å². The van der Waals surface area contributed by atoms with Crippen molar-refractivity contribution in [3.63, 3.8) is 0 Å². The Morgan fingerprint density at radius 3 is 2.47 bits per heavy atom. The van der Waals surface area contributed by atoms with E-state index in [4.69, 9.17) is 9.47 Å². The Morgan fingerprint density at radius 1 is 1.00 bits per heavy atom. The second-order valence-electron chi connectivity index (χ2n) is 13.9. The SMILES string of the molecule is C=Cc1cccc([C@H]2C[C@@]3(C)C(CCC3(C)O)C3CC[C@@]4(O)CC5(CCC4=C32)OCC(C)(C)CO5)c1. The van der Waals surface area contributed by atoms with Crippen LogP contribution in [-0.2, 0) is 9.47 Å². The van der Waals surface area contributed by atoms with Crippen molar-refractivity contribution in [1.82, 2.24) is 0 Å². The molecule has 2 N–H and O–H groups in total. The van der Waals surface area contributed by atoms with E-state index >= 15 is 0 Å². The van der Waals surface area contributed by atoms with Gasteiger partial charge in [-0.1, -0.05) is 63.3 Å². The molecule has 3 unspecified atom stereocenters. The zero-order valence-corrected chi connectivity index (χ0v) is 22.6. The third-order valence-electron chi connectivity index (χ3n) is 11.0. The summed E-state index contributed by atoms with van der Waals surface area (Å²) in [6, 6.07) is 8.74. The van der Waals surface area contributed by atoms with E-state index in [2.05, 4.69) is 58.5 Å². The second-order valence-corrected chi connectivity index (χ2v) is 13.9. The maximum atomic E-state index is 12.3. The smallest absolute Gasteiger partial charge is 0.171 e. The fraction of sp³-hybridized carbons (Fsp3) is 0.688. The van der Waals surface area contributed by atoms with Crippen molar-refractivity contribution in [2.24, 2.45) is 22.7 Å². The second kappa shape index (κ2) is 8.02. The topological polar surface area (TPSA) is 58.9 Å². The molecule has 1 saturated heterocycles. The lowest BCUT2D eigenvalue weighted by molar-refractivity contribution is -0.322. The summed E-state index contributed by atoms with van der Waals surface area (Å²) >= 11 is 0. The minimum absolute atomic E-state index is 0.0127. The maximum absolute atomic E-state index is 12.3. The zero-order chi connectivity index (χ0) is 25.6. The van der Waals surface area contributed by atoms with Crippen LogP contribution < -0.4 is 0 Å². The molecule has 0 aromatic heterocycles. The van der Waals surface area contributed by atoms with Gasteiger partial charge in [-0.3, -0.25) is 0 Å². The molecule has 0 bridgehead atoms. The number of hydrogen-bond donors (Lipinski definition) is 2. The molecule has 6 atom stereocenters. The number of allylic oxidation sites excluding steroid dienone is 1. The molecule has 196 valence electrons. The lowest BCUT2D eigenvalue weighted by Gasteiger charge is -2.58. The molecule has 4 fully saturated rings. The van der Waals surface area contributed by atoms with Gasteiger partial charge in [0, 0.05) is 29.6 Å². The van der Waals surface area contributed by atoms with Gasteiger partial charge in [0.1, 0.15) is 0 Å². The molecule has 4 aliphatic carbocycles. The first-order valence-corrected chi connectivity index (χ1v) is 14.1. The number of fused-ring (bicyclic) bond motifs is 4. The molecule has 36 heavy (non-hydrogen) atoms. The normalized spacial score (nSPS) is 43.0. The lowest BCUT2D eigenvalue weighted by atomic mass is 9.50. The average Bonchev–Trinajstić information content (AvgIpc) is 3.08. The van der Waals surface area contributed by atoms with Gasteiger partial charge in [-0.25, -0.2) is 0 Å². The third kappa shape index (κ3) is 3.62. The van der Waals surface area contributed by atoms with Crippen molar-refractivity contribution in [2.45, 2.75) is 102 Å². The predicted octanol–water partition coefficient (Wildman–Crippen LogP) is 6.38. The van der Waals surface area contributed by atoms with E-state index in [1.807, 2.05) is 6.08 Å². The molecule has 1 aromatic carbocycles. The van der Waals surface area contributed by atoms with Crippen LogP contribution in [0.15, 0.2) is 42.0 Å². The van der Waals surface area contributed by atoms with Crippen molar-refractivity contribution in [1.29, 1.82) is 0 Å². The largest absolute Gasteiger partial charge is 0.390 e. The lowest BCUT2D eigenvalue weighted by Crippen LogP contribution is -2.58. The van der Waals surface area contributed by atoms with Gasteiger partial charge in [0.2, 0.25) is 0 Å². The first-order chi connectivity index (χ1) is 16.9. The highest BCUT2D eigenvalue weighted by atomic mass is 16.7. The molecule has 4 nitrogen and oxygen atoms in total. The Bertz CT molecular complexity index is 1090. The summed E-state index contributed by atoms with van der Waals surface area (Å²) in [6.07, 6.45) is 8.62. The van der Waals surface area contributed by atoms with Gasteiger partial charge < -0.3 is 19.7 Å². The van der Waals surface area contributed by atoms with Gasteiger partial charge in [0.05, 0.1) is 24.4 Å². The van der Waals surface area contributed by atoms with E-state index in [-0.39, 0.29) is 16.7 Å². The minimum atomic E-state index is -0.880. The van der Waals surface area contributed by atoms with Crippen molar-refractivity contribution < 1.29 is 19.7 Å². The van der Waals surface area contributed by atoms with Crippen LogP contribution in [0.25, 0.3) is 6.08 Å². The van der Waals surface area contributed by atoms with Gasteiger partial charge in [0.25, 0.3) is 0 Å². The maximum Gasteiger partial charge on any atom is 0.171 e. The van der Waals surface area contributed by atoms with E-state index in [1.54, 1.807) is 0 Å². The standard InChI is InChI=1S/C32H44O4/c1-6-21-8-7-9-22(16-21)24-17-29(4)25(11-13-30(29,5)33)23-10-14-31(34)18-32(15-12-26(31)27(23)24)35-19-28(2,3)20-36-32/h6-9,16,23-25,33-34H,1,10-15,17-20H2,2-5H3/t23?,24-,25?,29+,30?,31-/m1/s1. The average molecular weight is 493 g/mol. The van der Waals surface area contributed by atoms with Crippen molar-refractivity contribution in [3.05, 3.63) is 53.1 Å². The fourth-order valence-electron chi connectivity index (χ4n) is 8.68. The van der Waals surface area contributed by atoms with Crippen LogP contribution in [0.3, 0.4) is 0 Å². The molecular weight excluding hydrogens is 448 g/mol. The number of ether oxygens (including phenoxy) is 2. The van der Waals surface area contributed by atoms with E-state index < -0.39 is 17.0 Å². The van der Waals surface area contributed by atoms with E-state index in [0.717, 1.165) is 50.5 Å². The van der Waals surface area contributed by atoms with Crippen LogP contribution in [0.2, 0.25) is 0 Å². The Labute approximate surface area is 216 Å². The molecule has 1 spiro atoms. The zero-order valence-electron chi connectivity index (χ0n) is 22.6. The number of aliphatic hydroxyl groups is 2. The van der Waals surface area contributed by atoms with Crippen LogP contribution in [0.4, 0.5) is 0 Å². The summed E-state index contributed by atoms with van der Waals surface area (Å²) in [6.45, 7) is 14.1. The van der Waals surface area contributed by atoms with Gasteiger partial charge in [-0.15, -0.1) is 0 Å². The first kappa shape index (κ1) is 24.9. The van der Waals surface area contributed by atoms with Crippen molar-refractivity contribution >= 4 is 6.08 Å². The highest BCUT2D eigenvalue weighted by molar-refractivity contribution is 5.51.